The van der Waals surface area contributed by atoms with Gasteiger partial charge in [-0.25, -0.2) is 0 Å². The van der Waals surface area contributed by atoms with E-state index in [9.17, 15) is 0 Å². The SMILES string of the molecule is CC1CCc2cccc(C3C(C)C(C)C(C)C3C)c2[N-]1.[CH3-].[CH3-].[CH3-].[Ti+4]. The van der Waals surface area contributed by atoms with Crippen LogP contribution < -0.4 is 0 Å². The monoisotopic (exact) mass is 363 g/mol. The number of hydrogen-bond donors (Lipinski definition) is 0. The summed E-state index contributed by atoms with van der Waals surface area (Å²) in [6.07, 6.45) is 2.41. The zero-order valence-corrected chi connectivity index (χ0v) is 18.6. The van der Waals surface area contributed by atoms with E-state index in [0.717, 1.165) is 23.7 Å². The molecular formula is C22H37NTi. The third kappa shape index (κ3) is 4.28. The molecule has 0 N–H and O–H groups in total. The molecule has 1 aliphatic carbocycles. The second kappa shape index (κ2) is 10.0. The fourth-order valence-electron chi connectivity index (χ4n) is 4.55. The van der Waals surface area contributed by atoms with Gasteiger partial charge in [-0.05, 0) is 36.0 Å². The number of fused-ring (bicyclic) bond motifs is 1. The van der Waals surface area contributed by atoms with Crippen molar-refractivity contribution in [2.45, 2.75) is 59.4 Å². The van der Waals surface area contributed by atoms with Crippen molar-refractivity contribution in [3.05, 3.63) is 56.9 Å². The van der Waals surface area contributed by atoms with E-state index in [2.05, 4.69) is 52.8 Å². The number of benzene rings is 1. The molecule has 0 bridgehead atoms. The molecule has 1 aromatic rings. The Labute approximate surface area is 167 Å². The van der Waals surface area contributed by atoms with E-state index in [1.165, 1.54) is 29.7 Å². The van der Waals surface area contributed by atoms with Gasteiger partial charge in [0.2, 0.25) is 0 Å². The van der Waals surface area contributed by atoms with Gasteiger partial charge in [0.05, 0.1) is 0 Å². The molecule has 1 aromatic carbocycles. The molecule has 0 amide bonds. The molecule has 0 radical (unpaired) electrons. The Balaban J connectivity index is 0. The predicted octanol–water partition coefficient (Wildman–Crippen LogP) is 7.02. The molecule has 24 heavy (non-hydrogen) atoms. The van der Waals surface area contributed by atoms with Crippen LogP contribution in [0.2, 0.25) is 0 Å². The maximum Gasteiger partial charge on any atom is 4.00 e. The van der Waals surface area contributed by atoms with Crippen molar-refractivity contribution in [2.24, 2.45) is 23.7 Å². The molecule has 3 rings (SSSR count). The van der Waals surface area contributed by atoms with Crippen LogP contribution in [0.1, 0.15) is 58.1 Å². The van der Waals surface area contributed by atoms with Crippen LogP contribution in [0.4, 0.5) is 5.69 Å². The third-order valence-corrected chi connectivity index (χ3v) is 6.31. The Bertz CT molecular complexity index is 485. The van der Waals surface area contributed by atoms with Crippen LogP contribution in [0.25, 0.3) is 5.32 Å². The van der Waals surface area contributed by atoms with Crippen molar-refractivity contribution in [1.82, 2.24) is 0 Å². The Hall–Kier alpha value is -0.266. The normalized spacial score (nSPS) is 33.5. The fourth-order valence-corrected chi connectivity index (χ4v) is 4.55. The topological polar surface area (TPSA) is 14.1 Å². The molecule has 1 nitrogen and oxygen atoms in total. The van der Waals surface area contributed by atoms with Crippen LogP contribution in [-0.4, -0.2) is 6.04 Å². The van der Waals surface area contributed by atoms with Crippen molar-refractivity contribution in [2.75, 3.05) is 0 Å². The quantitative estimate of drug-likeness (QED) is 0.376. The Morgan fingerprint density at radius 2 is 1.38 bits per heavy atom. The van der Waals surface area contributed by atoms with Gasteiger partial charge in [0.15, 0.2) is 0 Å². The number of aryl methyl sites for hydroxylation is 1. The van der Waals surface area contributed by atoms with E-state index < -0.39 is 0 Å². The minimum Gasteiger partial charge on any atom is -0.681 e. The Morgan fingerprint density at radius 3 is 1.92 bits per heavy atom. The summed E-state index contributed by atoms with van der Waals surface area (Å²) in [7, 11) is 0. The summed E-state index contributed by atoms with van der Waals surface area (Å²) in [6, 6.07) is 7.38. The van der Waals surface area contributed by atoms with E-state index in [1.807, 2.05) is 0 Å². The molecular weight excluding hydrogens is 326 g/mol. The first-order valence-corrected chi connectivity index (χ1v) is 8.33. The van der Waals surface area contributed by atoms with Gasteiger partial charge in [-0.2, -0.15) is 0 Å². The van der Waals surface area contributed by atoms with Crippen LogP contribution in [0, 0.1) is 46.0 Å². The van der Waals surface area contributed by atoms with Gasteiger partial charge < -0.3 is 27.6 Å². The molecule has 0 saturated heterocycles. The van der Waals surface area contributed by atoms with E-state index >= 15 is 0 Å². The van der Waals surface area contributed by atoms with E-state index in [-0.39, 0.29) is 44.0 Å². The standard InChI is InChI=1S/C19H28N.3CH3.Ti/c1-11-9-10-16-7-6-8-17(19(16)20-11)18-14(4)12(2)13(3)15(18)5;;;;/h6-8,11-15,18H,9-10H2,1-5H3;3*1H3;/q4*-1;+4. The first kappa shape index (κ1) is 26.0. The first-order valence-electron chi connectivity index (χ1n) is 8.33. The largest absolute Gasteiger partial charge is 4.00 e. The molecule has 2 aliphatic rings. The summed E-state index contributed by atoms with van der Waals surface area (Å²) in [4.78, 5) is 0. The van der Waals surface area contributed by atoms with Crippen LogP contribution in [-0.2, 0) is 28.1 Å². The van der Waals surface area contributed by atoms with Gasteiger partial charge in [0.25, 0.3) is 0 Å². The third-order valence-electron chi connectivity index (χ3n) is 6.31. The number of rotatable bonds is 1. The van der Waals surface area contributed by atoms with Crippen molar-refractivity contribution in [3.63, 3.8) is 0 Å². The van der Waals surface area contributed by atoms with Crippen molar-refractivity contribution in [1.29, 1.82) is 0 Å². The van der Waals surface area contributed by atoms with Gasteiger partial charge in [-0.15, -0.1) is 11.7 Å². The van der Waals surface area contributed by atoms with E-state index in [1.54, 1.807) is 0 Å². The van der Waals surface area contributed by atoms with Gasteiger partial charge in [-0.1, -0.05) is 70.4 Å². The molecule has 5 atom stereocenters. The van der Waals surface area contributed by atoms with Crippen molar-refractivity contribution < 1.29 is 21.7 Å². The van der Waals surface area contributed by atoms with Gasteiger partial charge in [0.1, 0.15) is 0 Å². The van der Waals surface area contributed by atoms with E-state index in [4.69, 9.17) is 5.32 Å². The maximum absolute atomic E-state index is 5.01. The average molecular weight is 363 g/mol. The summed E-state index contributed by atoms with van der Waals surface area (Å²) in [5, 5.41) is 5.01. The summed E-state index contributed by atoms with van der Waals surface area (Å²) in [5.74, 6) is 3.83. The second-order valence-electron chi connectivity index (χ2n) is 7.33. The van der Waals surface area contributed by atoms with E-state index in [0.29, 0.717) is 12.0 Å². The predicted molar refractivity (Wildman–Crippen MR) is 106 cm³/mol. The van der Waals surface area contributed by atoms with Crippen LogP contribution in [0.5, 0.6) is 0 Å². The minimum absolute atomic E-state index is 0. The van der Waals surface area contributed by atoms with Crippen LogP contribution >= 0.6 is 0 Å². The zero-order chi connectivity index (χ0) is 14.4. The Morgan fingerprint density at radius 1 is 0.833 bits per heavy atom. The average Bonchev–Trinajstić information content (AvgIpc) is 2.63. The number of para-hydroxylation sites is 1. The summed E-state index contributed by atoms with van der Waals surface area (Å²) >= 11 is 0. The summed E-state index contributed by atoms with van der Waals surface area (Å²) < 4.78 is 0. The minimum atomic E-state index is 0. The summed E-state index contributed by atoms with van der Waals surface area (Å²) in [6.45, 7) is 12.0. The van der Waals surface area contributed by atoms with Crippen molar-refractivity contribution >= 4 is 5.69 Å². The smallest absolute Gasteiger partial charge is 0.681 e. The zero-order valence-electron chi connectivity index (χ0n) is 17.1. The fraction of sp³-hybridized carbons (Fsp3) is 0.591. The number of nitrogens with zero attached hydrogens (tertiary/aromatic N) is 1. The van der Waals surface area contributed by atoms with Crippen LogP contribution in [0.15, 0.2) is 18.2 Å². The molecule has 2 heteroatoms. The number of hydrogen-bond acceptors (Lipinski definition) is 0. The first-order chi connectivity index (χ1) is 9.50. The Kier molecular flexibility index (Phi) is 10.8. The van der Waals surface area contributed by atoms with Crippen LogP contribution in [0.3, 0.4) is 0 Å². The van der Waals surface area contributed by atoms with Gasteiger partial charge in [-0.3, -0.25) is 0 Å². The molecule has 1 saturated carbocycles. The molecule has 1 aliphatic heterocycles. The molecule has 5 unspecified atom stereocenters. The molecule has 1 fully saturated rings. The molecule has 134 valence electrons. The van der Waals surface area contributed by atoms with Crippen molar-refractivity contribution in [3.8, 4) is 0 Å². The molecule has 0 aromatic heterocycles. The maximum atomic E-state index is 5.01. The second-order valence-corrected chi connectivity index (χ2v) is 7.33. The molecule has 1 heterocycles. The van der Waals surface area contributed by atoms with Gasteiger partial charge >= 0.3 is 21.7 Å². The van der Waals surface area contributed by atoms with Gasteiger partial charge in [0, 0.05) is 0 Å². The summed E-state index contributed by atoms with van der Waals surface area (Å²) in [5.41, 5.74) is 4.36. The molecule has 0 spiro atoms.